The van der Waals surface area contributed by atoms with Crippen LogP contribution >= 0.6 is 22.9 Å². The van der Waals surface area contributed by atoms with Gasteiger partial charge in [-0.15, -0.1) is 11.3 Å². The molecule has 0 aliphatic carbocycles. The highest BCUT2D eigenvalue weighted by atomic mass is 35.5. The van der Waals surface area contributed by atoms with Crippen LogP contribution in [0.2, 0.25) is 5.02 Å². The van der Waals surface area contributed by atoms with Gasteiger partial charge in [0.05, 0.1) is 0 Å². The molecule has 4 rings (SSSR count). The second-order valence-corrected chi connectivity index (χ2v) is 9.21. The van der Waals surface area contributed by atoms with Crippen LogP contribution in [0.25, 0.3) is 10.4 Å². The zero-order valence-corrected chi connectivity index (χ0v) is 18.1. The van der Waals surface area contributed by atoms with Gasteiger partial charge in [0.1, 0.15) is 0 Å². The molecule has 0 spiro atoms. The maximum absolute atomic E-state index is 12.5. The molecule has 2 aliphatic rings. The number of nitrogens with zero attached hydrogens (tertiary/aromatic N) is 3. The summed E-state index contributed by atoms with van der Waals surface area (Å²) in [6.45, 7) is 5.56. The molecule has 2 fully saturated rings. The first kappa shape index (κ1) is 20.4. The van der Waals surface area contributed by atoms with E-state index in [1.54, 1.807) is 11.3 Å². The third kappa shape index (κ3) is 5.00. The van der Waals surface area contributed by atoms with Gasteiger partial charge in [-0.25, -0.2) is 0 Å². The lowest BCUT2D eigenvalue weighted by atomic mass is 10.2. The number of amides is 2. The van der Waals surface area contributed by atoms with Gasteiger partial charge in [0.2, 0.25) is 11.8 Å². The van der Waals surface area contributed by atoms with Crippen LogP contribution in [-0.4, -0.2) is 65.8 Å². The lowest BCUT2D eigenvalue weighted by Crippen LogP contribution is -2.48. The Kier molecular flexibility index (Phi) is 6.53. The van der Waals surface area contributed by atoms with Gasteiger partial charge in [0, 0.05) is 79.0 Å². The third-order valence-corrected chi connectivity index (χ3v) is 7.11. The van der Waals surface area contributed by atoms with E-state index in [2.05, 4.69) is 23.1 Å². The van der Waals surface area contributed by atoms with Gasteiger partial charge in [0.25, 0.3) is 0 Å². The first-order chi connectivity index (χ1) is 14.1. The van der Waals surface area contributed by atoms with Gasteiger partial charge in [0.15, 0.2) is 0 Å². The molecule has 0 unspecified atom stereocenters. The number of hydrogen-bond acceptors (Lipinski definition) is 4. The standard InChI is InChI=1S/C22H26ClN3O2S/c23-19-5-2-1-4-18(19)20-8-7-17(29-20)16-24-12-14-26(15-13-24)22(28)9-11-25-10-3-6-21(25)27/h1-2,4-5,7-8H,3,6,9-16H2. The molecule has 7 heteroatoms. The summed E-state index contributed by atoms with van der Waals surface area (Å²) in [5, 5.41) is 0.781. The summed E-state index contributed by atoms with van der Waals surface area (Å²) in [6.07, 6.45) is 2.00. The van der Waals surface area contributed by atoms with Crippen LogP contribution in [0.5, 0.6) is 0 Å². The van der Waals surface area contributed by atoms with E-state index >= 15 is 0 Å². The van der Waals surface area contributed by atoms with E-state index in [0.717, 1.165) is 56.3 Å². The lowest BCUT2D eigenvalue weighted by Gasteiger charge is -2.34. The van der Waals surface area contributed by atoms with Crippen molar-refractivity contribution in [2.45, 2.75) is 25.8 Å². The Morgan fingerprint density at radius 3 is 2.55 bits per heavy atom. The van der Waals surface area contributed by atoms with Crippen molar-refractivity contribution in [1.82, 2.24) is 14.7 Å². The SMILES string of the molecule is O=C1CCCN1CCC(=O)N1CCN(Cc2ccc(-c3ccccc3Cl)s2)CC1. The maximum atomic E-state index is 12.5. The van der Waals surface area contributed by atoms with Crippen LogP contribution in [0, 0.1) is 0 Å². The second-order valence-electron chi connectivity index (χ2n) is 7.64. The average molecular weight is 432 g/mol. The molecular weight excluding hydrogens is 406 g/mol. The number of rotatable bonds is 6. The average Bonchev–Trinajstić information content (AvgIpc) is 3.36. The largest absolute Gasteiger partial charge is 0.342 e. The highest BCUT2D eigenvalue weighted by molar-refractivity contribution is 7.15. The number of carbonyl (C=O) groups is 2. The summed E-state index contributed by atoms with van der Waals surface area (Å²) < 4.78 is 0. The van der Waals surface area contributed by atoms with Gasteiger partial charge in [-0.1, -0.05) is 29.8 Å². The summed E-state index contributed by atoms with van der Waals surface area (Å²) in [5.41, 5.74) is 1.08. The van der Waals surface area contributed by atoms with E-state index < -0.39 is 0 Å². The molecule has 3 heterocycles. The monoisotopic (exact) mass is 431 g/mol. The summed E-state index contributed by atoms with van der Waals surface area (Å²) >= 11 is 8.10. The Hall–Kier alpha value is -1.89. The Bertz CT molecular complexity index is 876. The number of benzene rings is 1. The number of likely N-dealkylation sites (tertiary alicyclic amines) is 1. The molecule has 1 aromatic heterocycles. The van der Waals surface area contributed by atoms with Crippen molar-refractivity contribution in [2.24, 2.45) is 0 Å². The zero-order valence-electron chi connectivity index (χ0n) is 16.5. The smallest absolute Gasteiger partial charge is 0.224 e. The van der Waals surface area contributed by atoms with Gasteiger partial charge < -0.3 is 9.80 Å². The van der Waals surface area contributed by atoms with E-state index in [0.29, 0.717) is 19.4 Å². The minimum Gasteiger partial charge on any atom is -0.342 e. The van der Waals surface area contributed by atoms with E-state index in [4.69, 9.17) is 11.6 Å². The van der Waals surface area contributed by atoms with E-state index in [1.807, 2.05) is 28.0 Å². The first-order valence-electron chi connectivity index (χ1n) is 10.2. The molecule has 2 saturated heterocycles. The Balaban J connectivity index is 1.24. The van der Waals surface area contributed by atoms with Crippen molar-refractivity contribution in [3.05, 3.63) is 46.3 Å². The number of carbonyl (C=O) groups excluding carboxylic acids is 2. The minimum atomic E-state index is 0.168. The molecule has 1 aromatic carbocycles. The molecule has 2 aliphatic heterocycles. The maximum Gasteiger partial charge on any atom is 0.224 e. The van der Waals surface area contributed by atoms with Crippen LogP contribution in [-0.2, 0) is 16.1 Å². The normalized spacial score (nSPS) is 17.9. The van der Waals surface area contributed by atoms with Gasteiger partial charge in [-0.3, -0.25) is 14.5 Å². The van der Waals surface area contributed by atoms with E-state index in [9.17, 15) is 9.59 Å². The Labute approximate surface area is 180 Å². The first-order valence-corrected chi connectivity index (χ1v) is 11.4. The second kappa shape index (κ2) is 9.28. The van der Waals surface area contributed by atoms with Crippen LogP contribution in [0.1, 0.15) is 24.1 Å². The lowest BCUT2D eigenvalue weighted by molar-refractivity contribution is -0.134. The molecule has 0 N–H and O–H groups in total. The molecule has 2 amide bonds. The van der Waals surface area contributed by atoms with E-state index in [-0.39, 0.29) is 11.8 Å². The summed E-state index contributed by atoms with van der Waals surface area (Å²) in [7, 11) is 0. The molecule has 2 aromatic rings. The predicted molar refractivity (Wildman–Crippen MR) is 117 cm³/mol. The number of hydrogen-bond donors (Lipinski definition) is 0. The van der Waals surface area contributed by atoms with Gasteiger partial charge in [-0.2, -0.15) is 0 Å². The van der Waals surface area contributed by atoms with Crippen molar-refractivity contribution in [3.8, 4) is 10.4 Å². The molecule has 29 heavy (non-hydrogen) atoms. The van der Waals surface area contributed by atoms with Crippen LogP contribution in [0.3, 0.4) is 0 Å². The van der Waals surface area contributed by atoms with Crippen molar-refractivity contribution in [3.63, 3.8) is 0 Å². The Morgan fingerprint density at radius 2 is 1.83 bits per heavy atom. The highest BCUT2D eigenvalue weighted by Gasteiger charge is 2.24. The van der Waals surface area contributed by atoms with E-state index in [1.165, 1.54) is 9.75 Å². The predicted octanol–water partition coefficient (Wildman–Crippen LogP) is 3.73. The molecule has 0 saturated carbocycles. The number of halogens is 1. The van der Waals surface area contributed by atoms with Crippen molar-refractivity contribution >= 4 is 34.8 Å². The summed E-state index contributed by atoms with van der Waals surface area (Å²) in [5.74, 6) is 0.358. The van der Waals surface area contributed by atoms with Gasteiger partial charge in [-0.05, 0) is 24.6 Å². The number of piperazine rings is 1. The molecule has 0 atom stereocenters. The van der Waals surface area contributed by atoms with Crippen molar-refractivity contribution < 1.29 is 9.59 Å². The molecular formula is C22H26ClN3O2S. The third-order valence-electron chi connectivity index (χ3n) is 5.67. The van der Waals surface area contributed by atoms with Crippen LogP contribution < -0.4 is 0 Å². The van der Waals surface area contributed by atoms with Crippen molar-refractivity contribution in [1.29, 1.82) is 0 Å². The van der Waals surface area contributed by atoms with Gasteiger partial charge >= 0.3 is 0 Å². The van der Waals surface area contributed by atoms with Crippen molar-refractivity contribution in [2.75, 3.05) is 39.3 Å². The number of thiophene rings is 1. The molecule has 0 bridgehead atoms. The van der Waals surface area contributed by atoms with Crippen LogP contribution in [0.4, 0.5) is 0 Å². The van der Waals surface area contributed by atoms with Crippen LogP contribution in [0.15, 0.2) is 36.4 Å². The summed E-state index contributed by atoms with van der Waals surface area (Å²) in [6, 6.07) is 12.2. The Morgan fingerprint density at radius 1 is 1.03 bits per heavy atom. The fourth-order valence-electron chi connectivity index (χ4n) is 3.97. The fraction of sp³-hybridized carbons (Fsp3) is 0.455. The fourth-order valence-corrected chi connectivity index (χ4v) is 5.36. The molecule has 154 valence electrons. The minimum absolute atomic E-state index is 0.168. The summed E-state index contributed by atoms with van der Waals surface area (Å²) in [4.78, 5) is 32.8. The quantitative estimate of drug-likeness (QED) is 0.700. The molecule has 0 radical (unpaired) electrons. The zero-order chi connectivity index (χ0) is 20.2. The highest BCUT2D eigenvalue weighted by Crippen LogP contribution is 2.33. The topological polar surface area (TPSA) is 43.9 Å². The molecule has 5 nitrogen and oxygen atoms in total.